The molecule has 0 aliphatic heterocycles. The fourth-order valence-electron chi connectivity index (χ4n) is 1.81. The Morgan fingerprint density at radius 3 is 2.64 bits per heavy atom. The molecule has 22 heavy (non-hydrogen) atoms. The minimum absolute atomic E-state index is 0.0138. The summed E-state index contributed by atoms with van der Waals surface area (Å²) in [7, 11) is 0. The minimum atomic E-state index is -0.529. The van der Waals surface area contributed by atoms with Crippen molar-refractivity contribution in [2.24, 2.45) is 0 Å². The molecule has 0 heterocycles. The van der Waals surface area contributed by atoms with Gasteiger partial charge in [0.2, 0.25) is 5.91 Å². The van der Waals surface area contributed by atoms with Crippen molar-refractivity contribution in [3.8, 4) is 5.75 Å². The number of halogens is 2. The van der Waals surface area contributed by atoms with Gasteiger partial charge in [0.05, 0.1) is 18.8 Å². The zero-order chi connectivity index (χ0) is 15.9. The van der Waals surface area contributed by atoms with Crippen molar-refractivity contribution in [2.75, 3.05) is 23.8 Å². The lowest BCUT2D eigenvalue weighted by molar-refractivity contribution is -0.114. The first-order valence-electron chi connectivity index (χ1n) is 6.80. The first kappa shape index (κ1) is 16.1. The van der Waals surface area contributed by atoms with Gasteiger partial charge in [-0.2, -0.15) is 0 Å². The fraction of sp³-hybridized carbons (Fsp3) is 0.188. The number of anilines is 2. The summed E-state index contributed by atoms with van der Waals surface area (Å²) >= 11 is 5.77. The largest absolute Gasteiger partial charge is 0.494 e. The van der Waals surface area contributed by atoms with E-state index in [0.717, 1.165) is 11.4 Å². The summed E-state index contributed by atoms with van der Waals surface area (Å²) in [4.78, 5) is 11.8. The molecule has 0 fully saturated rings. The molecule has 0 atom stereocenters. The number of hydrogen-bond donors (Lipinski definition) is 2. The summed E-state index contributed by atoms with van der Waals surface area (Å²) in [6.45, 7) is 2.52. The predicted molar refractivity (Wildman–Crippen MR) is 86.1 cm³/mol. The quantitative estimate of drug-likeness (QED) is 0.847. The lowest BCUT2D eigenvalue weighted by Crippen LogP contribution is -2.22. The number of carbonyl (C=O) groups is 1. The van der Waals surface area contributed by atoms with Crippen molar-refractivity contribution in [3.63, 3.8) is 0 Å². The molecule has 0 spiro atoms. The van der Waals surface area contributed by atoms with Gasteiger partial charge in [-0.3, -0.25) is 4.79 Å². The Balaban J connectivity index is 1.88. The lowest BCUT2D eigenvalue weighted by Gasteiger charge is -2.09. The van der Waals surface area contributed by atoms with Gasteiger partial charge < -0.3 is 15.4 Å². The van der Waals surface area contributed by atoms with Crippen LogP contribution in [0.2, 0.25) is 5.02 Å². The second kappa shape index (κ2) is 7.66. The van der Waals surface area contributed by atoms with Gasteiger partial charge in [0.25, 0.3) is 0 Å². The highest BCUT2D eigenvalue weighted by molar-refractivity contribution is 6.30. The molecule has 0 saturated heterocycles. The average molecular weight is 323 g/mol. The van der Waals surface area contributed by atoms with Gasteiger partial charge in [-0.15, -0.1) is 0 Å². The summed E-state index contributed by atoms with van der Waals surface area (Å²) in [5.74, 6) is -0.132. The smallest absolute Gasteiger partial charge is 0.243 e. The molecule has 4 nitrogen and oxygen atoms in total. The maximum atomic E-state index is 13.5. The molecule has 2 N–H and O–H groups in total. The maximum Gasteiger partial charge on any atom is 0.243 e. The second-order valence-corrected chi connectivity index (χ2v) is 4.92. The number of rotatable bonds is 6. The SMILES string of the molecule is CCOc1ccc(NCC(=O)Nc2cc(Cl)ccc2F)cc1. The Kier molecular flexibility index (Phi) is 5.61. The Hall–Kier alpha value is -2.27. The Morgan fingerprint density at radius 2 is 1.95 bits per heavy atom. The van der Waals surface area contributed by atoms with Gasteiger partial charge in [-0.1, -0.05) is 11.6 Å². The number of amides is 1. The second-order valence-electron chi connectivity index (χ2n) is 4.48. The molecular formula is C16H16ClFN2O2. The van der Waals surface area contributed by atoms with Gasteiger partial charge in [0.1, 0.15) is 11.6 Å². The van der Waals surface area contributed by atoms with Gasteiger partial charge in [0.15, 0.2) is 0 Å². The standard InChI is InChI=1S/C16H16ClFN2O2/c1-2-22-13-6-4-12(5-7-13)19-10-16(21)20-15-9-11(17)3-8-14(15)18/h3-9,19H,2,10H2,1H3,(H,20,21). The molecule has 0 unspecified atom stereocenters. The predicted octanol–water partition coefficient (Wildman–Crippen LogP) is 3.93. The molecule has 0 aliphatic carbocycles. The van der Waals surface area contributed by atoms with Crippen molar-refractivity contribution in [2.45, 2.75) is 6.92 Å². The van der Waals surface area contributed by atoms with E-state index < -0.39 is 5.82 Å². The molecule has 0 radical (unpaired) electrons. The number of carbonyl (C=O) groups excluding carboxylic acids is 1. The molecular weight excluding hydrogens is 307 g/mol. The van der Waals surface area contributed by atoms with Crippen LogP contribution in [-0.4, -0.2) is 19.1 Å². The number of nitrogens with one attached hydrogen (secondary N) is 2. The number of ether oxygens (including phenoxy) is 1. The van der Waals surface area contributed by atoms with Crippen LogP contribution in [-0.2, 0) is 4.79 Å². The molecule has 116 valence electrons. The van der Waals surface area contributed by atoms with Crippen LogP contribution >= 0.6 is 11.6 Å². The third kappa shape index (κ3) is 4.63. The Bertz CT molecular complexity index is 647. The highest BCUT2D eigenvalue weighted by atomic mass is 35.5. The first-order chi connectivity index (χ1) is 10.6. The third-order valence-electron chi connectivity index (χ3n) is 2.82. The summed E-state index contributed by atoms with van der Waals surface area (Å²) in [6, 6.07) is 11.2. The van der Waals surface area contributed by atoms with Gasteiger partial charge in [0, 0.05) is 10.7 Å². The van der Waals surface area contributed by atoms with E-state index in [-0.39, 0.29) is 18.1 Å². The summed E-state index contributed by atoms with van der Waals surface area (Å²) in [6.07, 6.45) is 0. The van der Waals surface area contributed by atoms with Crippen LogP contribution in [0.4, 0.5) is 15.8 Å². The van der Waals surface area contributed by atoms with E-state index in [4.69, 9.17) is 16.3 Å². The molecule has 0 aromatic heterocycles. The van der Waals surface area contributed by atoms with E-state index in [9.17, 15) is 9.18 Å². The third-order valence-corrected chi connectivity index (χ3v) is 3.06. The Labute approximate surface area is 133 Å². The summed E-state index contributed by atoms with van der Waals surface area (Å²) < 4.78 is 18.8. The zero-order valence-electron chi connectivity index (χ0n) is 12.0. The van der Waals surface area contributed by atoms with E-state index in [2.05, 4.69) is 10.6 Å². The van der Waals surface area contributed by atoms with E-state index in [1.165, 1.54) is 18.2 Å². The van der Waals surface area contributed by atoms with E-state index in [0.29, 0.717) is 11.6 Å². The van der Waals surface area contributed by atoms with Crippen LogP contribution in [0.25, 0.3) is 0 Å². The van der Waals surface area contributed by atoms with Gasteiger partial charge in [-0.25, -0.2) is 4.39 Å². The highest BCUT2D eigenvalue weighted by Gasteiger charge is 2.07. The molecule has 0 saturated carbocycles. The van der Waals surface area contributed by atoms with Crippen molar-refractivity contribution in [1.82, 2.24) is 0 Å². The van der Waals surface area contributed by atoms with E-state index in [1.807, 2.05) is 6.92 Å². The van der Waals surface area contributed by atoms with Crippen LogP contribution < -0.4 is 15.4 Å². The first-order valence-corrected chi connectivity index (χ1v) is 7.18. The van der Waals surface area contributed by atoms with Crippen LogP contribution in [0.3, 0.4) is 0 Å². The van der Waals surface area contributed by atoms with E-state index in [1.54, 1.807) is 24.3 Å². The van der Waals surface area contributed by atoms with Gasteiger partial charge >= 0.3 is 0 Å². The van der Waals surface area contributed by atoms with Gasteiger partial charge in [-0.05, 0) is 49.4 Å². The van der Waals surface area contributed by atoms with Crippen LogP contribution in [0, 0.1) is 5.82 Å². The van der Waals surface area contributed by atoms with Crippen LogP contribution in [0.5, 0.6) is 5.75 Å². The average Bonchev–Trinajstić information content (AvgIpc) is 2.51. The van der Waals surface area contributed by atoms with Crippen molar-refractivity contribution >= 4 is 28.9 Å². The van der Waals surface area contributed by atoms with Crippen molar-refractivity contribution in [1.29, 1.82) is 0 Å². The molecule has 0 bridgehead atoms. The topological polar surface area (TPSA) is 50.4 Å². The van der Waals surface area contributed by atoms with Crippen molar-refractivity contribution in [3.05, 3.63) is 53.3 Å². The monoisotopic (exact) mass is 322 g/mol. The summed E-state index contributed by atoms with van der Waals surface area (Å²) in [5, 5.41) is 5.77. The molecule has 2 aromatic carbocycles. The normalized spacial score (nSPS) is 10.1. The van der Waals surface area contributed by atoms with Crippen LogP contribution in [0.1, 0.15) is 6.92 Å². The highest BCUT2D eigenvalue weighted by Crippen LogP contribution is 2.19. The van der Waals surface area contributed by atoms with Crippen LogP contribution in [0.15, 0.2) is 42.5 Å². The molecule has 1 amide bonds. The molecule has 6 heteroatoms. The number of hydrogen-bond acceptors (Lipinski definition) is 3. The Morgan fingerprint density at radius 1 is 1.23 bits per heavy atom. The fourth-order valence-corrected chi connectivity index (χ4v) is 1.98. The molecule has 2 aromatic rings. The zero-order valence-corrected chi connectivity index (χ0v) is 12.8. The maximum absolute atomic E-state index is 13.5. The summed E-state index contributed by atoms with van der Waals surface area (Å²) in [5.41, 5.74) is 0.830. The van der Waals surface area contributed by atoms with Crippen molar-refractivity contribution < 1.29 is 13.9 Å². The number of benzene rings is 2. The molecule has 2 rings (SSSR count). The lowest BCUT2D eigenvalue weighted by atomic mass is 10.3. The minimum Gasteiger partial charge on any atom is -0.494 e. The van der Waals surface area contributed by atoms with E-state index >= 15 is 0 Å². The molecule has 0 aliphatic rings.